The third kappa shape index (κ3) is 4.44. The van der Waals surface area contributed by atoms with Crippen LogP contribution in [0.4, 0.5) is 0 Å². The molecule has 0 saturated heterocycles. The molecule has 1 heterocycles. The van der Waals surface area contributed by atoms with Gasteiger partial charge in [0, 0.05) is 18.6 Å². The molecule has 0 aromatic heterocycles. The van der Waals surface area contributed by atoms with Gasteiger partial charge in [0.15, 0.2) is 5.96 Å². The fourth-order valence-corrected chi connectivity index (χ4v) is 3.37. The molecule has 1 aromatic carbocycles. The van der Waals surface area contributed by atoms with Gasteiger partial charge in [-0.05, 0) is 38.5 Å². The maximum Gasteiger partial charge on any atom is 0.240 e. The van der Waals surface area contributed by atoms with Crippen LogP contribution in [0.3, 0.4) is 0 Å². The SMILES string of the molecule is CC(C)NS(=O)(=O)c1cccc(CNC2=NCC(C)N2)c1. The van der Waals surface area contributed by atoms with Crippen LogP contribution in [0.25, 0.3) is 0 Å². The fourth-order valence-electron chi connectivity index (χ4n) is 2.05. The Hall–Kier alpha value is -1.60. The van der Waals surface area contributed by atoms with Gasteiger partial charge in [0.05, 0.1) is 11.4 Å². The summed E-state index contributed by atoms with van der Waals surface area (Å²) in [4.78, 5) is 4.59. The number of aliphatic imine (C=N–C) groups is 1. The summed E-state index contributed by atoms with van der Waals surface area (Å²) < 4.78 is 26.8. The highest BCUT2D eigenvalue weighted by Gasteiger charge is 2.16. The zero-order valence-electron chi connectivity index (χ0n) is 12.6. The Morgan fingerprint density at radius 2 is 2.19 bits per heavy atom. The minimum absolute atomic E-state index is 0.129. The molecule has 21 heavy (non-hydrogen) atoms. The van der Waals surface area contributed by atoms with E-state index in [9.17, 15) is 8.42 Å². The number of hydrogen-bond donors (Lipinski definition) is 3. The highest BCUT2D eigenvalue weighted by Crippen LogP contribution is 2.12. The van der Waals surface area contributed by atoms with Gasteiger partial charge in [-0.3, -0.25) is 4.99 Å². The highest BCUT2D eigenvalue weighted by molar-refractivity contribution is 7.89. The monoisotopic (exact) mass is 310 g/mol. The summed E-state index contributed by atoms with van der Waals surface area (Å²) in [6, 6.07) is 7.13. The molecule has 0 saturated carbocycles. The summed E-state index contributed by atoms with van der Waals surface area (Å²) in [6.07, 6.45) is 0. The zero-order chi connectivity index (χ0) is 15.5. The minimum atomic E-state index is -3.45. The van der Waals surface area contributed by atoms with E-state index in [1.165, 1.54) is 0 Å². The fraction of sp³-hybridized carbons (Fsp3) is 0.500. The molecule has 1 aliphatic rings. The van der Waals surface area contributed by atoms with Crippen molar-refractivity contribution < 1.29 is 8.42 Å². The lowest BCUT2D eigenvalue weighted by Crippen LogP contribution is -2.37. The molecule has 0 amide bonds. The van der Waals surface area contributed by atoms with Gasteiger partial charge in [0.25, 0.3) is 0 Å². The Morgan fingerprint density at radius 3 is 2.81 bits per heavy atom. The molecule has 0 fully saturated rings. The molecular formula is C14H22N4O2S. The largest absolute Gasteiger partial charge is 0.352 e. The summed E-state index contributed by atoms with van der Waals surface area (Å²) >= 11 is 0. The molecule has 0 bridgehead atoms. The Balaban J connectivity index is 2.04. The number of rotatable bonds is 5. The van der Waals surface area contributed by atoms with Gasteiger partial charge in [-0.15, -0.1) is 0 Å². The summed E-state index contributed by atoms with van der Waals surface area (Å²) in [6.45, 7) is 6.95. The topological polar surface area (TPSA) is 82.6 Å². The lowest BCUT2D eigenvalue weighted by Gasteiger charge is -2.12. The normalized spacial score (nSPS) is 18.5. The third-order valence-corrected chi connectivity index (χ3v) is 4.62. The third-order valence-electron chi connectivity index (χ3n) is 2.97. The molecule has 0 aliphatic carbocycles. The summed E-state index contributed by atoms with van der Waals surface area (Å²) in [7, 11) is -3.45. The van der Waals surface area contributed by atoms with Crippen molar-refractivity contribution in [2.75, 3.05) is 6.54 Å². The summed E-state index contributed by atoms with van der Waals surface area (Å²) in [5, 5.41) is 6.37. The Morgan fingerprint density at radius 1 is 1.43 bits per heavy atom. The Bertz CT molecular complexity index is 626. The second-order valence-electron chi connectivity index (χ2n) is 5.51. The van der Waals surface area contributed by atoms with Gasteiger partial charge < -0.3 is 10.6 Å². The molecular weight excluding hydrogens is 288 g/mol. The predicted molar refractivity (Wildman–Crippen MR) is 83.6 cm³/mol. The van der Waals surface area contributed by atoms with E-state index in [2.05, 4.69) is 27.3 Å². The molecule has 1 aliphatic heterocycles. The molecule has 7 heteroatoms. The number of nitrogens with one attached hydrogen (secondary N) is 3. The first-order valence-electron chi connectivity index (χ1n) is 7.03. The van der Waals surface area contributed by atoms with E-state index in [-0.39, 0.29) is 10.9 Å². The maximum atomic E-state index is 12.1. The van der Waals surface area contributed by atoms with Gasteiger partial charge in [-0.2, -0.15) is 0 Å². The first-order chi connectivity index (χ1) is 9.87. The van der Waals surface area contributed by atoms with Crippen molar-refractivity contribution in [3.05, 3.63) is 29.8 Å². The van der Waals surface area contributed by atoms with E-state index in [4.69, 9.17) is 0 Å². The molecule has 1 atom stereocenters. The Labute approximate surface area is 126 Å². The lowest BCUT2D eigenvalue weighted by atomic mass is 10.2. The van der Waals surface area contributed by atoms with Crippen LogP contribution in [0.2, 0.25) is 0 Å². The van der Waals surface area contributed by atoms with Crippen molar-refractivity contribution in [2.24, 2.45) is 4.99 Å². The van der Waals surface area contributed by atoms with Crippen molar-refractivity contribution in [2.45, 2.75) is 44.3 Å². The van der Waals surface area contributed by atoms with Crippen LogP contribution >= 0.6 is 0 Å². The molecule has 6 nitrogen and oxygen atoms in total. The first-order valence-corrected chi connectivity index (χ1v) is 8.51. The predicted octanol–water partition coefficient (Wildman–Crippen LogP) is 0.811. The number of sulfonamides is 1. The number of benzene rings is 1. The van der Waals surface area contributed by atoms with Crippen LogP contribution in [0.1, 0.15) is 26.3 Å². The first kappa shape index (κ1) is 15.8. The van der Waals surface area contributed by atoms with Gasteiger partial charge in [-0.1, -0.05) is 12.1 Å². The van der Waals surface area contributed by atoms with Gasteiger partial charge in [0.2, 0.25) is 10.0 Å². The minimum Gasteiger partial charge on any atom is -0.352 e. The van der Waals surface area contributed by atoms with Crippen molar-refractivity contribution >= 4 is 16.0 Å². The molecule has 2 rings (SSSR count). The van der Waals surface area contributed by atoms with Crippen LogP contribution in [-0.2, 0) is 16.6 Å². The highest BCUT2D eigenvalue weighted by atomic mass is 32.2. The number of guanidine groups is 1. The van der Waals surface area contributed by atoms with E-state index in [0.29, 0.717) is 12.6 Å². The van der Waals surface area contributed by atoms with E-state index in [0.717, 1.165) is 18.1 Å². The molecule has 0 spiro atoms. The molecule has 1 aromatic rings. The van der Waals surface area contributed by atoms with E-state index in [1.54, 1.807) is 32.0 Å². The second-order valence-corrected chi connectivity index (χ2v) is 7.23. The van der Waals surface area contributed by atoms with E-state index in [1.807, 2.05) is 6.07 Å². The van der Waals surface area contributed by atoms with Crippen molar-refractivity contribution in [3.8, 4) is 0 Å². The Kier molecular flexibility index (Phi) is 4.84. The number of nitrogens with zero attached hydrogens (tertiary/aromatic N) is 1. The van der Waals surface area contributed by atoms with Crippen LogP contribution < -0.4 is 15.4 Å². The van der Waals surface area contributed by atoms with Gasteiger partial charge >= 0.3 is 0 Å². The van der Waals surface area contributed by atoms with E-state index < -0.39 is 10.0 Å². The maximum absolute atomic E-state index is 12.1. The van der Waals surface area contributed by atoms with Gasteiger partial charge in [-0.25, -0.2) is 13.1 Å². The standard InChI is InChI=1S/C14H22N4O2S/c1-10(2)18-21(19,20)13-6-4-5-12(7-13)9-16-14-15-8-11(3)17-14/h4-7,10-11,18H,8-9H2,1-3H3,(H2,15,16,17). The van der Waals surface area contributed by atoms with E-state index >= 15 is 0 Å². The van der Waals surface area contributed by atoms with Crippen LogP contribution in [0.15, 0.2) is 34.2 Å². The molecule has 0 radical (unpaired) electrons. The van der Waals surface area contributed by atoms with Crippen LogP contribution in [0.5, 0.6) is 0 Å². The average Bonchev–Trinajstić information content (AvgIpc) is 2.81. The molecule has 3 N–H and O–H groups in total. The summed E-state index contributed by atoms with van der Waals surface area (Å²) in [5.41, 5.74) is 0.894. The molecule has 116 valence electrons. The lowest BCUT2D eigenvalue weighted by molar-refractivity contribution is 0.569. The average molecular weight is 310 g/mol. The quantitative estimate of drug-likeness (QED) is 0.751. The summed E-state index contributed by atoms with van der Waals surface area (Å²) in [5.74, 6) is 0.760. The smallest absolute Gasteiger partial charge is 0.240 e. The van der Waals surface area contributed by atoms with Crippen LogP contribution in [0, 0.1) is 0 Å². The van der Waals surface area contributed by atoms with Gasteiger partial charge in [0.1, 0.15) is 0 Å². The van der Waals surface area contributed by atoms with Crippen molar-refractivity contribution in [1.82, 2.24) is 15.4 Å². The second kappa shape index (κ2) is 6.44. The van der Waals surface area contributed by atoms with Crippen LogP contribution in [-0.4, -0.2) is 33.0 Å². The zero-order valence-corrected chi connectivity index (χ0v) is 13.4. The number of hydrogen-bond acceptors (Lipinski definition) is 5. The van der Waals surface area contributed by atoms with Crippen molar-refractivity contribution in [1.29, 1.82) is 0 Å². The van der Waals surface area contributed by atoms with Crippen molar-refractivity contribution in [3.63, 3.8) is 0 Å². The molecule has 1 unspecified atom stereocenters.